The Morgan fingerprint density at radius 2 is 1.88 bits per heavy atom. The van der Waals surface area contributed by atoms with E-state index in [1.807, 2.05) is 6.92 Å². The van der Waals surface area contributed by atoms with Crippen molar-refractivity contribution in [1.29, 1.82) is 0 Å². The first-order valence-electron chi connectivity index (χ1n) is 7.77. The molecule has 0 saturated carbocycles. The molecule has 24 heavy (non-hydrogen) atoms. The van der Waals surface area contributed by atoms with E-state index >= 15 is 0 Å². The molecule has 2 N–H and O–H groups in total. The lowest BCUT2D eigenvalue weighted by molar-refractivity contribution is -0.133. The van der Waals surface area contributed by atoms with E-state index in [1.54, 1.807) is 4.90 Å². The van der Waals surface area contributed by atoms with E-state index in [0.717, 1.165) is 6.42 Å². The number of benzene rings is 1. The molecule has 0 radical (unpaired) electrons. The predicted molar refractivity (Wildman–Crippen MR) is 94.7 cm³/mol. The third-order valence-corrected chi connectivity index (χ3v) is 6.59. The molecule has 1 heterocycles. The number of amides is 1. The van der Waals surface area contributed by atoms with Gasteiger partial charge in [-0.25, -0.2) is 8.42 Å². The van der Waals surface area contributed by atoms with Gasteiger partial charge in [-0.15, -0.1) is 0 Å². The Morgan fingerprint density at radius 3 is 2.46 bits per heavy atom. The van der Waals surface area contributed by atoms with Gasteiger partial charge in [-0.05, 0) is 24.6 Å². The van der Waals surface area contributed by atoms with Crippen LogP contribution in [0.15, 0.2) is 23.1 Å². The molecule has 1 aromatic carbocycles. The van der Waals surface area contributed by atoms with Gasteiger partial charge in [-0.2, -0.15) is 4.31 Å². The van der Waals surface area contributed by atoms with Crippen LogP contribution in [-0.4, -0.2) is 55.8 Å². The summed E-state index contributed by atoms with van der Waals surface area (Å²) in [4.78, 5) is 13.8. The monoisotopic (exact) mass is 393 g/mol. The van der Waals surface area contributed by atoms with Gasteiger partial charge in [0.1, 0.15) is 4.90 Å². The van der Waals surface area contributed by atoms with Crippen LogP contribution >= 0.6 is 23.2 Å². The van der Waals surface area contributed by atoms with Crippen molar-refractivity contribution in [3.05, 3.63) is 28.2 Å². The molecule has 1 unspecified atom stereocenters. The standard InChI is InChI=1S/C15H21Cl2N3O3S/c1-2-3-13(18)15(21)19-6-8-20(9-7-19)24(22,23)14-10-11(16)4-5-12(14)17/h4-5,10,13H,2-3,6-9,18H2,1H3. The quantitative estimate of drug-likeness (QED) is 0.828. The number of nitrogens with two attached hydrogens (primary N) is 1. The van der Waals surface area contributed by atoms with E-state index in [2.05, 4.69) is 0 Å². The zero-order valence-electron chi connectivity index (χ0n) is 13.4. The summed E-state index contributed by atoms with van der Waals surface area (Å²) >= 11 is 11.9. The van der Waals surface area contributed by atoms with Crippen molar-refractivity contribution in [2.24, 2.45) is 5.73 Å². The molecule has 1 atom stereocenters. The van der Waals surface area contributed by atoms with Crippen LogP contribution in [0.2, 0.25) is 10.0 Å². The van der Waals surface area contributed by atoms with Crippen molar-refractivity contribution < 1.29 is 13.2 Å². The third kappa shape index (κ3) is 4.21. The number of carbonyl (C=O) groups is 1. The summed E-state index contributed by atoms with van der Waals surface area (Å²) in [7, 11) is -3.75. The molecule has 1 aliphatic heterocycles. The van der Waals surface area contributed by atoms with Crippen LogP contribution in [0.25, 0.3) is 0 Å². The molecule has 0 spiro atoms. The summed E-state index contributed by atoms with van der Waals surface area (Å²) in [5.74, 6) is -0.130. The largest absolute Gasteiger partial charge is 0.339 e. The summed E-state index contributed by atoms with van der Waals surface area (Å²) in [5, 5.41) is 0.431. The lowest BCUT2D eigenvalue weighted by Gasteiger charge is -2.35. The maximum atomic E-state index is 12.7. The van der Waals surface area contributed by atoms with Crippen LogP contribution < -0.4 is 5.73 Å². The second-order valence-corrected chi connectivity index (χ2v) is 8.45. The Hall–Kier alpha value is -0.860. The fourth-order valence-corrected chi connectivity index (χ4v) is 4.79. The van der Waals surface area contributed by atoms with Crippen LogP contribution in [-0.2, 0) is 14.8 Å². The minimum atomic E-state index is -3.75. The van der Waals surface area contributed by atoms with Gasteiger partial charge in [0, 0.05) is 31.2 Å². The van der Waals surface area contributed by atoms with Crippen molar-refractivity contribution in [2.75, 3.05) is 26.2 Å². The Balaban J connectivity index is 2.08. The van der Waals surface area contributed by atoms with Crippen molar-refractivity contribution in [1.82, 2.24) is 9.21 Å². The molecule has 1 fully saturated rings. The number of rotatable bonds is 5. The van der Waals surface area contributed by atoms with Crippen LogP contribution in [0.4, 0.5) is 0 Å². The van der Waals surface area contributed by atoms with Gasteiger partial charge in [0.05, 0.1) is 11.1 Å². The fourth-order valence-electron chi connectivity index (χ4n) is 2.63. The second-order valence-electron chi connectivity index (χ2n) is 5.70. The highest BCUT2D eigenvalue weighted by atomic mass is 35.5. The molecule has 0 bridgehead atoms. The van der Waals surface area contributed by atoms with E-state index in [9.17, 15) is 13.2 Å². The molecule has 134 valence electrons. The molecule has 0 aromatic heterocycles. The molecule has 1 aliphatic rings. The van der Waals surface area contributed by atoms with Crippen LogP contribution in [0.3, 0.4) is 0 Å². The van der Waals surface area contributed by atoms with E-state index in [4.69, 9.17) is 28.9 Å². The summed E-state index contributed by atoms with van der Waals surface area (Å²) in [6.07, 6.45) is 1.45. The van der Waals surface area contributed by atoms with Gasteiger partial charge in [0.25, 0.3) is 0 Å². The Bertz CT molecular complexity index is 704. The van der Waals surface area contributed by atoms with Gasteiger partial charge >= 0.3 is 0 Å². The molecule has 1 amide bonds. The zero-order chi connectivity index (χ0) is 17.9. The van der Waals surface area contributed by atoms with E-state index in [1.165, 1.54) is 22.5 Å². The highest BCUT2D eigenvalue weighted by Gasteiger charge is 2.32. The highest BCUT2D eigenvalue weighted by molar-refractivity contribution is 7.89. The fraction of sp³-hybridized carbons (Fsp3) is 0.533. The lowest BCUT2D eigenvalue weighted by atomic mass is 10.1. The third-order valence-electron chi connectivity index (χ3n) is 3.98. The summed E-state index contributed by atoms with van der Waals surface area (Å²) in [6, 6.07) is 3.81. The van der Waals surface area contributed by atoms with E-state index < -0.39 is 16.1 Å². The number of hydrogen-bond donors (Lipinski definition) is 1. The number of nitrogens with zero attached hydrogens (tertiary/aromatic N) is 2. The first kappa shape index (κ1) is 19.5. The molecule has 1 aromatic rings. The first-order chi connectivity index (χ1) is 11.3. The highest BCUT2D eigenvalue weighted by Crippen LogP contribution is 2.28. The van der Waals surface area contributed by atoms with E-state index in [-0.39, 0.29) is 28.9 Å². The number of hydrogen-bond acceptors (Lipinski definition) is 4. The van der Waals surface area contributed by atoms with Crippen molar-refractivity contribution in [3.63, 3.8) is 0 Å². The number of sulfonamides is 1. The smallest absolute Gasteiger partial charge is 0.244 e. The van der Waals surface area contributed by atoms with E-state index in [0.29, 0.717) is 24.5 Å². The molecule has 9 heteroatoms. The van der Waals surface area contributed by atoms with Crippen molar-refractivity contribution >= 4 is 39.1 Å². The molecule has 1 saturated heterocycles. The Morgan fingerprint density at radius 1 is 1.25 bits per heavy atom. The van der Waals surface area contributed by atoms with Crippen molar-refractivity contribution in [3.8, 4) is 0 Å². The lowest BCUT2D eigenvalue weighted by Crippen LogP contribution is -2.54. The molecule has 6 nitrogen and oxygen atoms in total. The van der Waals surface area contributed by atoms with Crippen LogP contribution in [0.5, 0.6) is 0 Å². The first-order valence-corrected chi connectivity index (χ1v) is 9.96. The topological polar surface area (TPSA) is 83.7 Å². The number of carbonyl (C=O) groups excluding carboxylic acids is 1. The maximum Gasteiger partial charge on any atom is 0.244 e. The summed E-state index contributed by atoms with van der Waals surface area (Å²) in [6.45, 7) is 3.00. The van der Waals surface area contributed by atoms with Gasteiger partial charge in [-0.1, -0.05) is 36.5 Å². The predicted octanol–water partition coefficient (Wildman–Crippen LogP) is 1.95. The molecule has 0 aliphatic carbocycles. The minimum absolute atomic E-state index is 0.0147. The van der Waals surface area contributed by atoms with Gasteiger partial charge in [0.15, 0.2) is 0 Å². The average molecular weight is 394 g/mol. The van der Waals surface area contributed by atoms with Crippen molar-refractivity contribution in [2.45, 2.75) is 30.7 Å². The second kappa shape index (κ2) is 8.01. The summed E-state index contributed by atoms with van der Waals surface area (Å²) in [5.41, 5.74) is 5.85. The Labute approximate surface area is 152 Å². The van der Waals surface area contributed by atoms with Crippen LogP contribution in [0, 0.1) is 0 Å². The number of halogens is 2. The number of piperazine rings is 1. The van der Waals surface area contributed by atoms with Crippen LogP contribution in [0.1, 0.15) is 19.8 Å². The maximum absolute atomic E-state index is 12.7. The molecular weight excluding hydrogens is 373 g/mol. The van der Waals surface area contributed by atoms with Gasteiger partial charge in [0.2, 0.25) is 15.9 Å². The summed E-state index contributed by atoms with van der Waals surface area (Å²) < 4.78 is 26.8. The minimum Gasteiger partial charge on any atom is -0.339 e. The molecule has 2 rings (SSSR count). The SMILES string of the molecule is CCCC(N)C(=O)N1CCN(S(=O)(=O)c2cc(Cl)ccc2Cl)CC1. The molecular formula is C15H21Cl2N3O3S. The zero-order valence-corrected chi connectivity index (χ0v) is 15.7. The van der Waals surface area contributed by atoms with Gasteiger partial charge in [-0.3, -0.25) is 4.79 Å². The Kier molecular flexibility index (Phi) is 6.50. The van der Waals surface area contributed by atoms with Gasteiger partial charge < -0.3 is 10.6 Å². The average Bonchev–Trinajstić information content (AvgIpc) is 2.56. The normalized spacial score (nSPS) is 17.8.